The maximum atomic E-state index is 13.8. The number of amides is 4. The lowest BCUT2D eigenvalue weighted by Gasteiger charge is -2.27. The predicted octanol–water partition coefficient (Wildman–Crippen LogP) is 1.64. The van der Waals surface area contributed by atoms with E-state index >= 15 is 0 Å². The van der Waals surface area contributed by atoms with E-state index < -0.39 is 51.8 Å². The summed E-state index contributed by atoms with van der Waals surface area (Å²) >= 11 is 0. The van der Waals surface area contributed by atoms with Crippen molar-refractivity contribution in [3.63, 3.8) is 0 Å². The second-order valence-electron chi connectivity index (χ2n) is 9.21. The lowest BCUT2D eigenvalue weighted by molar-refractivity contribution is -0.132. The summed E-state index contributed by atoms with van der Waals surface area (Å²) in [6.07, 6.45) is 0.372. The zero-order valence-corrected chi connectivity index (χ0v) is 22.8. The van der Waals surface area contributed by atoms with Gasteiger partial charge in [0.2, 0.25) is 11.8 Å². The maximum absolute atomic E-state index is 13.8. The molecule has 4 amide bonds. The van der Waals surface area contributed by atoms with Gasteiger partial charge in [-0.3, -0.25) is 9.59 Å². The molecule has 1 saturated heterocycles. The third-order valence-corrected chi connectivity index (χ3v) is 7.71. The summed E-state index contributed by atoms with van der Waals surface area (Å²) in [6.45, 7) is 0.0258. The Bertz CT molecular complexity index is 1300. The van der Waals surface area contributed by atoms with Crippen molar-refractivity contribution in [2.45, 2.75) is 31.3 Å². The standard InChI is InChI=1S/C25H31F2N5O6S/c1-30(2)24(34)22-6-5-11-32(22)39(36,37)29-25(35)28-21(14-16-12-17(26)15-18(27)13-16)23(33)31(3)19-7-9-20(38-4)10-8-19/h7-10,12-13,15,21-22H,5-6,11,14H2,1-4H3,(H2,28,29,35)/t21-,22-/m0/s1. The number of nitrogens with one attached hydrogen (secondary N) is 2. The number of hydrogen-bond donors (Lipinski definition) is 2. The van der Waals surface area contributed by atoms with E-state index in [1.54, 1.807) is 24.3 Å². The molecule has 11 nitrogen and oxygen atoms in total. The molecule has 0 aromatic heterocycles. The van der Waals surface area contributed by atoms with Gasteiger partial charge >= 0.3 is 16.2 Å². The number of methoxy groups -OCH3 is 1. The number of anilines is 1. The Balaban J connectivity index is 1.83. The third-order valence-electron chi connectivity index (χ3n) is 6.22. The van der Waals surface area contributed by atoms with Crippen LogP contribution in [0.4, 0.5) is 19.3 Å². The van der Waals surface area contributed by atoms with E-state index in [-0.39, 0.29) is 18.5 Å². The number of rotatable bonds is 9. The molecule has 39 heavy (non-hydrogen) atoms. The van der Waals surface area contributed by atoms with Crippen LogP contribution in [0.1, 0.15) is 18.4 Å². The fraction of sp³-hybridized carbons (Fsp3) is 0.400. The summed E-state index contributed by atoms with van der Waals surface area (Å²) in [5.74, 6) is -2.32. The lowest BCUT2D eigenvalue weighted by Crippen LogP contribution is -2.56. The van der Waals surface area contributed by atoms with Gasteiger partial charge in [0, 0.05) is 45.9 Å². The topological polar surface area (TPSA) is 128 Å². The van der Waals surface area contributed by atoms with Gasteiger partial charge in [-0.05, 0) is 54.8 Å². The first kappa shape index (κ1) is 29.8. The Morgan fingerprint density at radius 2 is 1.69 bits per heavy atom. The molecule has 3 rings (SSSR count). The van der Waals surface area contributed by atoms with Crippen LogP contribution >= 0.6 is 0 Å². The van der Waals surface area contributed by atoms with Gasteiger partial charge in [0.05, 0.1) is 7.11 Å². The van der Waals surface area contributed by atoms with Crippen LogP contribution < -0.4 is 19.7 Å². The number of urea groups is 1. The van der Waals surface area contributed by atoms with Crippen molar-refractivity contribution in [1.82, 2.24) is 19.2 Å². The molecule has 1 aliphatic rings. The van der Waals surface area contributed by atoms with Crippen LogP contribution in [0.3, 0.4) is 0 Å². The van der Waals surface area contributed by atoms with Crippen molar-refractivity contribution >= 4 is 33.7 Å². The summed E-state index contributed by atoms with van der Waals surface area (Å²) in [4.78, 5) is 41.2. The van der Waals surface area contributed by atoms with Gasteiger partial charge in [-0.2, -0.15) is 12.7 Å². The number of carbonyl (C=O) groups is 3. The minimum atomic E-state index is -4.46. The molecule has 212 valence electrons. The first-order valence-electron chi connectivity index (χ1n) is 12.0. The van der Waals surface area contributed by atoms with Crippen LogP contribution in [-0.2, 0) is 26.2 Å². The number of carbonyl (C=O) groups excluding carboxylic acids is 3. The lowest BCUT2D eigenvalue weighted by atomic mass is 10.0. The summed E-state index contributed by atoms with van der Waals surface area (Å²) in [5.41, 5.74) is 0.487. The van der Waals surface area contributed by atoms with Gasteiger partial charge in [0.1, 0.15) is 29.5 Å². The quantitative estimate of drug-likeness (QED) is 0.474. The van der Waals surface area contributed by atoms with Crippen LogP contribution in [0.25, 0.3) is 0 Å². The monoisotopic (exact) mass is 567 g/mol. The number of likely N-dealkylation sites (N-methyl/N-ethyl adjacent to an activating group) is 2. The molecule has 2 atom stereocenters. The van der Waals surface area contributed by atoms with Crippen molar-refractivity contribution in [2.24, 2.45) is 0 Å². The van der Waals surface area contributed by atoms with E-state index in [2.05, 4.69) is 5.32 Å². The largest absolute Gasteiger partial charge is 0.497 e. The number of nitrogens with zero attached hydrogens (tertiary/aromatic N) is 3. The van der Waals surface area contributed by atoms with E-state index in [1.165, 1.54) is 38.1 Å². The summed E-state index contributed by atoms with van der Waals surface area (Å²) in [7, 11) is 1.45. The SMILES string of the molecule is COc1ccc(N(C)C(=O)[C@H](Cc2cc(F)cc(F)c2)NC(=O)NS(=O)(=O)N2CCC[C@H]2C(=O)N(C)C)cc1. The van der Waals surface area contributed by atoms with Crippen LogP contribution in [0.2, 0.25) is 0 Å². The molecule has 2 aromatic rings. The number of benzene rings is 2. The predicted molar refractivity (Wildman–Crippen MR) is 139 cm³/mol. The normalized spacial score (nSPS) is 16.3. The highest BCUT2D eigenvalue weighted by Crippen LogP contribution is 2.22. The molecule has 2 N–H and O–H groups in total. The van der Waals surface area contributed by atoms with Gasteiger partial charge in [-0.1, -0.05) is 0 Å². The molecule has 1 fully saturated rings. The Labute approximate surface area is 225 Å². The second kappa shape index (κ2) is 12.4. The zero-order chi connectivity index (χ0) is 28.9. The molecule has 0 bridgehead atoms. The Morgan fingerprint density at radius 1 is 1.08 bits per heavy atom. The molecular formula is C25H31F2N5O6S. The van der Waals surface area contributed by atoms with Crippen LogP contribution in [0.5, 0.6) is 5.75 Å². The van der Waals surface area contributed by atoms with Crippen molar-refractivity contribution in [3.05, 3.63) is 59.7 Å². The van der Waals surface area contributed by atoms with Gasteiger partial charge in [-0.15, -0.1) is 0 Å². The molecule has 14 heteroatoms. The van der Waals surface area contributed by atoms with Crippen molar-refractivity contribution < 1.29 is 36.3 Å². The molecule has 1 heterocycles. The van der Waals surface area contributed by atoms with E-state index in [1.807, 2.05) is 4.72 Å². The van der Waals surface area contributed by atoms with Gasteiger partial charge < -0.3 is 19.9 Å². The summed E-state index contributed by atoms with van der Waals surface area (Å²) < 4.78 is 61.5. The number of halogens is 2. The Hall–Kier alpha value is -3.78. The number of ether oxygens (including phenoxy) is 1. The molecule has 1 aliphatic heterocycles. The van der Waals surface area contributed by atoms with Gasteiger partial charge in [0.15, 0.2) is 0 Å². The van der Waals surface area contributed by atoms with Gasteiger partial charge in [-0.25, -0.2) is 18.3 Å². The van der Waals surface area contributed by atoms with E-state index in [0.717, 1.165) is 16.4 Å². The fourth-order valence-electron chi connectivity index (χ4n) is 4.27. The minimum Gasteiger partial charge on any atom is -0.497 e. The van der Waals surface area contributed by atoms with Gasteiger partial charge in [0.25, 0.3) is 0 Å². The fourth-order valence-corrected chi connectivity index (χ4v) is 5.58. The highest BCUT2D eigenvalue weighted by Gasteiger charge is 2.40. The summed E-state index contributed by atoms with van der Waals surface area (Å²) in [6, 6.07) is 5.47. The first-order valence-corrected chi connectivity index (χ1v) is 13.4. The van der Waals surface area contributed by atoms with Crippen LogP contribution in [0.15, 0.2) is 42.5 Å². The van der Waals surface area contributed by atoms with Crippen LogP contribution in [0, 0.1) is 11.6 Å². The number of hydrogen-bond acceptors (Lipinski definition) is 6. The molecular weight excluding hydrogens is 536 g/mol. The van der Waals surface area contributed by atoms with Crippen molar-refractivity contribution in [2.75, 3.05) is 39.7 Å². The van der Waals surface area contributed by atoms with Crippen LogP contribution in [-0.4, -0.2) is 82.3 Å². The molecule has 0 unspecified atom stereocenters. The zero-order valence-electron chi connectivity index (χ0n) is 22.0. The molecule has 0 saturated carbocycles. The van der Waals surface area contributed by atoms with E-state index in [4.69, 9.17) is 4.74 Å². The molecule has 0 radical (unpaired) electrons. The molecule has 2 aromatic carbocycles. The highest BCUT2D eigenvalue weighted by atomic mass is 32.2. The smallest absolute Gasteiger partial charge is 0.330 e. The average molecular weight is 568 g/mol. The van der Waals surface area contributed by atoms with E-state index in [9.17, 15) is 31.6 Å². The third kappa shape index (κ3) is 7.41. The van der Waals surface area contributed by atoms with Crippen molar-refractivity contribution in [3.8, 4) is 5.75 Å². The molecule has 0 aliphatic carbocycles. The summed E-state index contributed by atoms with van der Waals surface area (Å²) in [5, 5.41) is 2.31. The first-order chi connectivity index (χ1) is 18.3. The second-order valence-corrected chi connectivity index (χ2v) is 10.8. The highest BCUT2D eigenvalue weighted by molar-refractivity contribution is 7.87. The van der Waals surface area contributed by atoms with E-state index in [0.29, 0.717) is 30.3 Å². The Morgan fingerprint density at radius 3 is 2.26 bits per heavy atom. The Kier molecular flexibility index (Phi) is 9.45. The minimum absolute atomic E-state index is 0.0258. The maximum Gasteiger partial charge on any atom is 0.330 e. The van der Waals surface area contributed by atoms with Crippen molar-refractivity contribution in [1.29, 1.82) is 0 Å². The molecule has 0 spiro atoms. The average Bonchev–Trinajstić information content (AvgIpc) is 3.37.